The zero-order valence-electron chi connectivity index (χ0n) is 15.0. The molecule has 1 N–H and O–H groups in total. The molecule has 0 radical (unpaired) electrons. The number of piperidine rings is 2. The molecule has 2 bridgehead atoms. The summed E-state index contributed by atoms with van der Waals surface area (Å²) in [6.45, 7) is 1.05. The van der Waals surface area contributed by atoms with Crippen molar-refractivity contribution in [3.8, 4) is 0 Å². The fourth-order valence-corrected chi connectivity index (χ4v) is 4.75. The Bertz CT molecular complexity index is 787. The minimum Gasteiger partial charge on any atom is -0.342 e. The number of carbonyl (C=O) groups is 1. The number of carbonyl (C=O) groups excluding carboxylic acids is 1. The quantitative estimate of drug-likeness (QED) is 0.914. The monoisotopic (exact) mass is 353 g/mol. The lowest BCUT2D eigenvalue weighted by Gasteiger charge is -2.57. The molecule has 26 heavy (non-hydrogen) atoms. The molecule has 1 unspecified atom stereocenters. The number of likely N-dealkylation sites (N-methyl/N-ethyl adjacent to an activating group) is 1. The van der Waals surface area contributed by atoms with Gasteiger partial charge in [-0.2, -0.15) is 0 Å². The van der Waals surface area contributed by atoms with Gasteiger partial charge in [0.25, 0.3) is 5.91 Å². The molecule has 4 nitrogen and oxygen atoms in total. The number of benzene rings is 1. The van der Waals surface area contributed by atoms with Crippen molar-refractivity contribution in [3.05, 3.63) is 65.7 Å². The maximum Gasteiger partial charge on any atom is 0.273 e. The third kappa shape index (κ3) is 2.90. The van der Waals surface area contributed by atoms with E-state index in [-0.39, 0.29) is 17.3 Å². The third-order valence-electron chi connectivity index (χ3n) is 6.18. The summed E-state index contributed by atoms with van der Waals surface area (Å²) in [6, 6.07) is 12.6. The molecule has 1 aromatic carbocycles. The highest BCUT2D eigenvalue weighted by molar-refractivity contribution is 5.92. The molecular formula is C21H24FN3O. The Morgan fingerprint density at radius 3 is 2.62 bits per heavy atom. The maximum absolute atomic E-state index is 14.1. The first-order valence-corrected chi connectivity index (χ1v) is 9.28. The van der Waals surface area contributed by atoms with Gasteiger partial charge in [-0.25, -0.2) is 9.37 Å². The van der Waals surface area contributed by atoms with Crippen molar-refractivity contribution < 1.29 is 9.18 Å². The van der Waals surface area contributed by atoms with Crippen LogP contribution in [0.1, 0.15) is 47.8 Å². The summed E-state index contributed by atoms with van der Waals surface area (Å²) in [4.78, 5) is 19.2. The average Bonchev–Trinajstić information content (AvgIpc) is 2.68. The Kier molecular flexibility index (Phi) is 4.49. The first kappa shape index (κ1) is 17.2. The van der Waals surface area contributed by atoms with E-state index in [2.05, 4.69) is 22.2 Å². The molecule has 2 saturated heterocycles. The topological polar surface area (TPSA) is 45.2 Å². The molecule has 0 spiro atoms. The summed E-state index contributed by atoms with van der Waals surface area (Å²) >= 11 is 0. The highest BCUT2D eigenvalue weighted by Crippen LogP contribution is 2.48. The van der Waals surface area contributed by atoms with Crippen LogP contribution < -0.4 is 5.32 Å². The smallest absolute Gasteiger partial charge is 0.273 e. The van der Waals surface area contributed by atoms with Gasteiger partial charge < -0.3 is 5.32 Å². The molecule has 2 aliphatic heterocycles. The molecule has 3 fully saturated rings. The summed E-state index contributed by atoms with van der Waals surface area (Å²) in [5, 5.41) is 3.12. The first-order valence-electron chi connectivity index (χ1n) is 9.28. The zero-order valence-corrected chi connectivity index (χ0v) is 15.0. The molecule has 136 valence electrons. The lowest BCUT2D eigenvalue weighted by Crippen LogP contribution is -2.62. The number of hydrogen-bond donors (Lipinski definition) is 1. The molecule has 1 aromatic heterocycles. The predicted molar refractivity (Wildman–Crippen MR) is 98.2 cm³/mol. The van der Waals surface area contributed by atoms with E-state index in [9.17, 15) is 9.18 Å². The van der Waals surface area contributed by atoms with Gasteiger partial charge in [-0.3, -0.25) is 9.69 Å². The van der Waals surface area contributed by atoms with Crippen LogP contribution in [0.2, 0.25) is 0 Å². The maximum atomic E-state index is 14.1. The van der Waals surface area contributed by atoms with Crippen molar-refractivity contribution in [3.63, 3.8) is 0 Å². The number of pyridine rings is 1. The van der Waals surface area contributed by atoms with Gasteiger partial charge in [-0.05, 0) is 56.3 Å². The van der Waals surface area contributed by atoms with E-state index < -0.39 is 11.7 Å². The van der Waals surface area contributed by atoms with Gasteiger partial charge in [0.2, 0.25) is 0 Å². The fourth-order valence-electron chi connectivity index (χ4n) is 4.75. The normalized spacial score (nSPS) is 26.5. The van der Waals surface area contributed by atoms with Crippen LogP contribution in [0.4, 0.5) is 4.39 Å². The number of amides is 1. The Hall–Kier alpha value is -2.27. The lowest BCUT2D eigenvalue weighted by molar-refractivity contribution is -0.0405. The molecule has 1 saturated carbocycles. The van der Waals surface area contributed by atoms with Crippen molar-refractivity contribution >= 4 is 5.91 Å². The molecular weight excluding hydrogens is 329 g/mol. The summed E-state index contributed by atoms with van der Waals surface area (Å²) in [6.07, 6.45) is 5.89. The van der Waals surface area contributed by atoms with E-state index >= 15 is 0 Å². The van der Waals surface area contributed by atoms with Gasteiger partial charge in [0.1, 0.15) is 0 Å². The van der Waals surface area contributed by atoms with Crippen LogP contribution in [-0.4, -0.2) is 34.9 Å². The summed E-state index contributed by atoms with van der Waals surface area (Å²) in [5.41, 5.74) is 0.790. The molecule has 1 amide bonds. The lowest BCUT2D eigenvalue weighted by atomic mass is 9.66. The molecule has 3 aliphatic rings. The minimum absolute atomic E-state index is 0.128. The molecule has 3 heterocycles. The summed E-state index contributed by atoms with van der Waals surface area (Å²) < 4.78 is 14.1. The Labute approximate surface area is 153 Å². The van der Waals surface area contributed by atoms with E-state index in [4.69, 9.17) is 0 Å². The van der Waals surface area contributed by atoms with E-state index in [0.717, 1.165) is 30.9 Å². The largest absolute Gasteiger partial charge is 0.342 e. The SMILES string of the molecule is CN1CC2CCC1(C(NC(=O)c1ncccc1F)c1ccccc1)CC2. The van der Waals surface area contributed by atoms with E-state index in [1.807, 2.05) is 30.3 Å². The van der Waals surface area contributed by atoms with Crippen LogP contribution in [0, 0.1) is 11.7 Å². The molecule has 5 rings (SSSR count). The number of halogens is 1. The Morgan fingerprint density at radius 2 is 1.96 bits per heavy atom. The number of fused-ring (bicyclic) bond motifs is 3. The third-order valence-corrected chi connectivity index (χ3v) is 6.18. The van der Waals surface area contributed by atoms with Crippen LogP contribution in [0.25, 0.3) is 0 Å². The van der Waals surface area contributed by atoms with Crippen molar-refractivity contribution in [2.75, 3.05) is 13.6 Å². The van der Waals surface area contributed by atoms with Crippen LogP contribution in [0.3, 0.4) is 0 Å². The van der Waals surface area contributed by atoms with Crippen LogP contribution in [0.5, 0.6) is 0 Å². The van der Waals surface area contributed by atoms with E-state index in [1.165, 1.54) is 31.2 Å². The number of aromatic nitrogens is 1. The van der Waals surface area contributed by atoms with Crippen LogP contribution >= 0.6 is 0 Å². The van der Waals surface area contributed by atoms with Crippen molar-refractivity contribution in [1.29, 1.82) is 0 Å². The van der Waals surface area contributed by atoms with Crippen molar-refractivity contribution in [2.24, 2.45) is 5.92 Å². The molecule has 1 atom stereocenters. The van der Waals surface area contributed by atoms with Gasteiger partial charge in [0.05, 0.1) is 6.04 Å². The highest BCUT2D eigenvalue weighted by atomic mass is 19.1. The molecule has 5 heteroatoms. The fraction of sp³-hybridized carbons (Fsp3) is 0.429. The van der Waals surface area contributed by atoms with Gasteiger partial charge >= 0.3 is 0 Å². The standard InChI is InChI=1S/C21H24FN3O/c1-25-14-15-9-11-21(25,12-10-15)19(16-6-3-2-4-7-16)24-20(26)18-17(22)8-5-13-23-18/h2-8,13,15,19H,9-12,14H2,1H3,(H,24,26). The summed E-state index contributed by atoms with van der Waals surface area (Å²) in [5.74, 6) is -0.287. The minimum atomic E-state index is -0.588. The molecule has 1 aliphatic carbocycles. The van der Waals surface area contributed by atoms with Gasteiger partial charge in [0.15, 0.2) is 11.5 Å². The van der Waals surface area contributed by atoms with Crippen molar-refractivity contribution in [1.82, 2.24) is 15.2 Å². The van der Waals surface area contributed by atoms with Gasteiger partial charge in [-0.15, -0.1) is 0 Å². The van der Waals surface area contributed by atoms with Crippen LogP contribution in [-0.2, 0) is 0 Å². The predicted octanol–water partition coefficient (Wildman–Crippen LogP) is 3.57. The second kappa shape index (κ2) is 6.80. The van der Waals surface area contributed by atoms with Crippen LogP contribution in [0.15, 0.2) is 48.7 Å². The Balaban J connectivity index is 1.70. The van der Waals surface area contributed by atoms with Gasteiger partial charge in [0, 0.05) is 18.3 Å². The second-order valence-corrected chi connectivity index (χ2v) is 7.58. The van der Waals surface area contributed by atoms with Gasteiger partial charge in [-0.1, -0.05) is 30.3 Å². The number of rotatable bonds is 4. The number of nitrogens with zero attached hydrogens (tertiary/aromatic N) is 2. The average molecular weight is 353 g/mol. The molecule has 2 aromatic rings. The number of nitrogens with one attached hydrogen (secondary N) is 1. The van der Waals surface area contributed by atoms with Crippen molar-refractivity contribution in [2.45, 2.75) is 37.3 Å². The summed E-state index contributed by atoms with van der Waals surface area (Å²) in [7, 11) is 2.15. The first-order chi connectivity index (χ1) is 12.6. The highest BCUT2D eigenvalue weighted by Gasteiger charge is 2.50. The second-order valence-electron chi connectivity index (χ2n) is 7.58. The number of hydrogen-bond acceptors (Lipinski definition) is 3. The zero-order chi connectivity index (χ0) is 18.1. The van der Waals surface area contributed by atoms with E-state index in [1.54, 1.807) is 0 Å². The van der Waals surface area contributed by atoms with E-state index in [0.29, 0.717) is 0 Å². The Morgan fingerprint density at radius 1 is 1.23 bits per heavy atom.